The van der Waals surface area contributed by atoms with Crippen LogP contribution in [-0.2, 0) is 16.1 Å². The van der Waals surface area contributed by atoms with Crippen molar-refractivity contribution < 1.29 is 14.7 Å². The largest absolute Gasteiger partial charge is 0.481 e. The minimum atomic E-state index is -0.890. The second-order valence-corrected chi connectivity index (χ2v) is 5.17. The predicted octanol–water partition coefficient (Wildman–Crippen LogP) is 1.41. The van der Waals surface area contributed by atoms with Crippen molar-refractivity contribution in [3.63, 3.8) is 0 Å². The summed E-state index contributed by atoms with van der Waals surface area (Å²) in [6, 6.07) is 9.64. The van der Waals surface area contributed by atoms with E-state index in [4.69, 9.17) is 5.11 Å². The number of carboxylic acids is 1. The summed E-state index contributed by atoms with van der Waals surface area (Å²) >= 11 is 0. The first-order valence-electron chi connectivity index (χ1n) is 6.74. The highest BCUT2D eigenvalue weighted by molar-refractivity contribution is 5.89. The van der Waals surface area contributed by atoms with Crippen molar-refractivity contribution in [3.05, 3.63) is 42.1 Å². The standard InChI is InChI=1S/C15H15N3O3/c19-14(11-7-12(11)15(20)21)16-8-9-1-3-10(4-2-9)13-5-6-17-18-13/h1-6,11-12H,7-8H2,(H,16,19)(H,17,18)(H,20,21). The van der Waals surface area contributed by atoms with E-state index in [1.54, 1.807) is 6.20 Å². The molecule has 2 unspecified atom stereocenters. The summed E-state index contributed by atoms with van der Waals surface area (Å²) in [4.78, 5) is 22.5. The van der Waals surface area contributed by atoms with Crippen molar-refractivity contribution >= 4 is 11.9 Å². The molecule has 6 nitrogen and oxygen atoms in total. The van der Waals surface area contributed by atoms with Gasteiger partial charge < -0.3 is 10.4 Å². The quantitative estimate of drug-likeness (QED) is 0.774. The predicted molar refractivity (Wildman–Crippen MR) is 75.1 cm³/mol. The van der Waals surface area contributed by atoms with Gasteiger partial charge in [-0.1, -0.05) is 24.3 Å². The number of amides is 1. The van der Waals surface area contributed by atoms with Crippen LogP contribution in [0.5, 0.6) is 0 Å². The first-order valence-corrected chi connectivity index (χ1v) is 6.74. The zero-order chi connectivity index (χ0) is 14.8. The summed E-state index contributed by atoms with van der Waals surface area (Å²) in [7, 11) is 0. The third-order valence-corrected chi connectivity index (χ3v) is 3.68. The van der Waals surface area contributed by atoms with Gasteiger partial charge in [-0.05, 0) is 23.6 Å². The average Bonchev–Trinajstić information content (AvgIpc) is 3.12. The Labute approximate surface area is 121 Å². The third kappa shape index (κ3) is 2.94. The summed E-state index contributed by atoms with van der Waals surface area (Å²) in [5, 5.41) is 18.4. The molecule has 1 aliphatic rings. The Morgan fingerprint density at radius 2 is 2.00 bits per heavy atom. The molecule has 1 aliphatic carbocycles. The van der Waals surface area contributed by atoms with Crippen LogP contribution in [-0.4, -0.2) is 27.2 Å². The van der Waals surface area contributed by atoms with E-state index in [9.17, 15) is 9.59 Å². The molecule has 0 saturated heterocycles. The van der Waals surface area contributed by atoms with Crippen molar-refractivity contribution in [2.75, 3.05) is 0 Å². The van der Waals surface area contributed by atoms with Crippen LogP contribution < -0.4 is 5.32 Å². The van der Waals surface area contributed by atoms with Crippen LogP contribution in [0.25, 0.3) is 11.3 Å². The number of nitrogens with one attached hydrogen (secondary N) is 2. The number of hydrogen-bond acceptors (Lipinski definition) is 3. The number of nitrogens with zero attached hydrogens (tertiary/aromatic N) is 1. The number of H-pyrrole nitrogens is 1. The zero-order valence-corrected chi connectivity index (χ0v) is 11.2. The van der Waals surface area contributed by atoms with Gasteiger partial charge in [-0.3, -0.25) is 14.7 Å². The summed E-state index contributed by atoms with van der Waals surface area (Å²) in [5.41, 5.74) is 2.93. The molecule has 1 aromatic carbocycles. The molecule has 6 heteroatoms. The van der Waals surface area contributed by atoms with Gasteiger partial charge in [-0.2, -0.15) is 5.10 Å². The Kier molecular flexibility index (Phi) is 3.43. The smallest absolute Gasteiger partial charge is 0.307 e. The fourth-order valence-electron chi connectivity index (χ4n) is 2.30. The van der Waals surface area contributed by atoms with Crippen LogP contribution in [0.4, 0.5) is 0 Å². The Morgan fingerprint density at radius 3 is 2.57 bits per heavy atom. The molecular weight excluding hydrogens is 270 g/mol. The lowest BCUT2D eigenvalue weighted by Gasteiger charge is -2.05. The summed E-state index contributed by atoms with van der Waals surface area (Å²) in [6.07, 6.45) is 2.14. The molecule has 2 aromatic rings. The SMILES string of the molecule is O=C(O)C1CC1C(=O)NCc1ccc(-c2ccn[nH]2)cc1. The molecule has 2 atom stereocenters. The fourth-order valence-corrected chi connectivity index (χ4v) is 2.30. The van der Waals surface area contributed by atoms with E-state index < -0.39 is 11.9 Å². The van der Waals surface area contributed by atoms with Gasteiger partial charge in [0, 0.05) is 12.7 Å². The monoisotopic (exact) mass is 285 g/mol. The van der Waals surface area contributed by atoms with E-state index in [1.807, 2.05) is 30.3 Å². The normalized spacial score (nSPS) is 20.0. The maximum absolute atomic E-state index is 11.8. The molecule has 0 bridgehead atoms. The molecule has 3 N–H and O–H groups in total. The lowest BCUT2D eigenvalue weighted by molar-refractivity contribution is -0.140. The van der Waals surface area contributed by atoms with Gasteiger partial charge in [0.25, 0.3) is 0 Å². The number of aromatic amines is 1. The average molecular weight is 285 g/mol. The van der Waals surface area contributed by atoms with Gasteiger partial charge in [0.15, 0.2) is 0 Å². The molecule has 0 aliphatic heterocycles. The Bertz CT molecular complexity index is 649. The molecule has 0 radical (unpaired) electrons. The number of rotatable bonds is 5. The van der Waals surface area contributed by atoms with E-state index in [1.165, 1.54) is 0 Å². The second kappa shape index (κ2) is 5.40. The molecule has 21 heavy (non-hydrogen) atoms. The van der Waals surface area contributed by atoms with Crippen LogP contribution in [0.2, 0.25) is 0 Å². The Morgan fingerprint density at radius 1 is 1.24 bits per heavy atom. The number of carboxylic acid groups (broad SMARTS) is 1. The molecule has 1 heterocycles. The Hall–Kier alpha value is -2.63. The lowest BCUT2D eigenvalue weighted by atomic mass is 10.1. The number of aromatic nitrogens is 2. The second-order valence-electron chi connectivity index (χ2n) is 5.17. The van der Waals surface area contributed by atoms with Gasteiger partial charge in [-0.25, -0.2) is 0 Å². The first kappa shape index (κ1) is 13.4. The van der Waals surface area contributed by atoms with Gasteiger partial charge in [0.2, 0.25) is 5.91 Å². The molecule has 1 amide bonds. The minimum absolute atomic E-state index is 0.181. The number of carbonyl (C=O) groups is 2. The van der Waals surface area contributed by atoms with Gasteiger partial charge in [-0.15, -0.1) is 0 Å². The topological polar surface area (TPSA) is 95.1 Å². The van der Waals surface area contributed by atoms with Crippen LogP contribution in [0.3, 0.4) is 0 Å². The van der Waals surface area contributed by atoms with Crippen molar-refractivity contribution in [2.24, 2.45) is 11.8 Å². The fraction of sp³-hybridized carbons (Fsp3) is 0.267. The van der Waals surface area contributed by atoms with Gasteiger partial charge >= 0.3 is 5.97 Å². The molecule has 1 fully saturated rings. The van der Waals surface area contributed by atoms with Crippen molar-refractivity contribution in [3.8, 4) is 11.3 Å². The van der Waals surface area contributed by atoms with E-state index >= 15 is 0 Å². The van der Waals surface area contributed by atoms with Gasteiger partial charge in [0.1, 0.15) is 0 Å². The lowest BCUT2D eigenvalue weighted by Crippen LogP contribution is -2.25. The molecule has 3 rings (SSSR count). The highest BCUT2D eigenvalue weighted by Gasteiger charge is 2.48. The van der Waals surface area contributed by atoms with Crippen LogP contribution >= 0.6 is 0 Å². The zero-order valence-electron chi connectivity index (χ0n) is 11.2. The first-order chi connectivity index (χ1) is 10.1. The van der Waals surface area contributed by atoms with Crippen LogP contribution in [0.15, 0.2) is 36.5 Å². The molecule has 0 spiro atoms. The van der Waals surface area contributed by atoms with E-state index in [0.717, 1.165) is 16.8 Å². The molecular formula is C15H15N3O3. The van der Waals surface area contributed by atoms with Crippen molar-refractivity contribution in [1.29, 1.82) is 0 Å². The summed E-state index contributed by atoms with van der Waals surface area (Å²) in [6.45, 7) is 0.408. The van der Waals surface area contributed by atoms with Crippen molar-refractivity contribution in [1.82, 2.24) is 15.5 Å². The van der Waals surface area contributed by atoms with E-state index in [2.05, 4.69) is 15.5 Å². The van der Waals surface area contributed by atoms with E-state index in [-0.39, 0.29) is 11.8 Å². The van der Waals surface area contributed by atoms with E-state index in [0.29, 0.717) is 13.0 Å². The number of benzene rings is 1. The molecule has 1 aromatic heterocycles. The summed E-state index contributed by atoms with van der Waals surface area (Å²) in [5.74, 6) is -1.95. The highest BCUT2D eigenvalue weighted by atomic mass is 16.4. The minimum Gasteiger partial charge on any atom is -0.481 e. The number of carbonyl (C=O) groups excluding carboxylic acids is 1. The van der Waals surface area contributed by atoms with Crippen LogP contribution in [0, 0.1) is 11.8 Å². The molecule has 1 saturated carbocycles. The maximum Gasteiger partial charge on any atom is 0.307 e. The van der Waals surface area contributed by atoms with Crippen LogP contribution in [0.1, 0.15) is 12.0 Å². The number of hydrogen-bond donors (Lipinski definition) is 3. The van der Waals surface area contributed by atoms with Gasteiger partial charge in [0.05, 0.1) is 17.5 Å². The third-order valence-electron chi connectivity index (χ3n) is 3.68. The highest BCUT2D eigenvalue weighted by Crippen LogP contribution is 2.38. The van der Waals surface area contributed by atoms with Crippen molar-refractivity contribution in [2.45, 2.75) is 13.0 Å². The molecule has 108 valence electrons. The summed E-state index contributed by atoms with van der Waals surface area (Å²) < 4.78 is 0. The Balaban J connectivity index is 1.54. The maximum atomic E-state index is 11.8. The number of aliphatic carboxylic acids is 1.